The SMILES string of the molecule is COc1cc(Cl)c(C(F)(F)CO)cc1O. The standard InChI is InChI=1S/C9H9ClF2O3/c1-15-8-3-6(10)5(2-7(8)14)9(11,12)4-13/h2-3,13-14H,4H2,1H3. The first kappa shape index (κ1) is 12.0. The maximum absolute atomic E-state index is 13.1. The van der Waals surface area contributed by atoms with E-state index in [1.54, 1.807) is 0 Å². The Kier molecular flexibility index (Phi) is 3.36. The largest absolute Gasteiger partial charge is 0.504 e. The Balaban J connectivity index is 3.28. The van der Waals surface area contributed by atoms with Gasteiger partial charge in [0.05, 0.1) is 12.1 Å². The molecule has 0 aromatic heterocycles. The quantitative estimate of drug-likeness (QED) is 0.848. The lowest BCUT2D eigenvalue weighted by molar-refractivity contribution is -0.0556. The van der Waals surface area contributed by atoms with Crippen LogP contribution in [0.1, 0.15) is 5.56 Å². The van der Waals surface area contributed by atoms with Gasteiger partial charge in [0.1, 0.15) is 6.61 Å². The Labute approximate surface area is 89.9 Å². The van der Waals surface area contributed by atoms with Crippen LogP contribution in [0.4, 0.5) is 8.78 Å². The van der Waals surface area contributed by atoms with E-state index in [0.717, 1.165) is 12.1 Å². The molecule has 1 aromatic rings. The molecule has 15 heavy (non-hydrogen) atoms. The van der Waals surface area contributed by atoms with Gasteiger partial charge in [-0.2, -0.15) is 8.78 Å². The van der Waals surface area contributed by atoms with Gasteiger partial charge in [0, 0.05) is 11.6 Å². The number of aromatic hydroxyl groups is 1. The normalized spacial score (nSPS) is 11.5. The highest BCUT2D eigenvalue weighted by molar-refractivity contribution is 6.31. The number of halogens is 3. The summed E-state index contributed by atoms with van der Waals surface area (Å²) in [5, 5.41) is 17.5. The third-order valence-electron chi connectivity index (χ3n) is 1.86. The van der Waals surface area contributed by atoms with Crippen molar-refractivity contribution in [1.82, 2.24) is 0 Å². The Morgan fingerprint density at radius 1 is 1.47 bits per heavy atom. The average Bonchev–Trinajstić information content (AvgIpc) is 2.20. The summed E-state index contributed by atoms with van der Waals surface area (Å²) in [5.74, 6) is -3.94. The second-order valence-electron chi connectivity index (χ2n) is 2.87. The molecule has 0 amide bonds. The number of aliphatic hydroxyl groups is 1. The van der Waals surface area contributed by atoms with Gasteiger partial charge >= 0.3 is 0 Å². The number of phenolic OH excluding ortho intramolecular Hbond substituents is 1. The maximum Gasteiger partial charge on any atom is 0.297 e. The molecule has 2 N–H and O–H groups in total. The lowest BCUT2D eigenvalue weighted by atomic mass is 10.1. The number of hydrogen-bond donors (Lipinski definition) is 2. The van der Waals surface area contributed by atoms with Gasteiger partial charge in [-0.05, 0) is 6.07 Å². The highest BCUT2D eigenvalue weighted by Crippen LogP contribution is 2.39. The molecule has 84 valence electrons. The third-order valence-corrected chi connectivity index (χ3v) is 2.17. The summed E-state index contributed by atoms with van der Waals surface area (Å²) in [6.07, 6.45) is 0. The summed E-state index contributed by atoms with van der Waals surface area (Å²) < 4.78 is 30.8. The summed E-state index contributed by atoms with van der Waals surface area (Å²) in [7, 11) is 1.27. The third kappa shape index (κ3) is 2.30. The lowest BCUT2D eigenvalue weighted by Gasteiger charge is -2.16. The average molecular weight is 239 g/mol. The second kappa shape index (κ2) is 4.20. The number of alkyl halides is 2. The molecule has 1 aromatic carbocycles. The number of hydrogen-bond acceptors (Lipinski definition) is 3. The first-order chi connectivity index (χ1) is 6.92. The smallest absolute Gasteiger partial charge is 0.297 e. The number of aliphatic hydroxyl groups excluding tert-OH is 1. The Morgan fingerprint density at radius 2 is 2.07 bits per heavy atom. The van der Waals surface area contributed by atoms with Crippen molar-refractivity contribution in [3.63, 3.8) is 0 Å². The lowest BCUT2D eigenvalue weighted by Crippen LogP contribution is -2.18. The van der Waals surface area contributed by atoms with Gasteiger partial charge in [-0.25, -0.2) is 0 Å². The fourth-order valence-corrected chi connectivity index (χ4v) is 1.36. The summed E-state index contributed by atoms with van der Waals surface area (Å²) >= 11 is 5.56. The minimum atomic E-state index is -3.49. The summed E-state index contributed by atoms with van der Waals surface area (Å²) in [6.45, 7) is -1.38. The van der Waals surface area contributed by atoms with E-state index >= 15 is 0 Å². The van der Waals surface area contributed by atoms with Crippen molar-refractivity contribution in [2.24, 2.45) is 0 Å². The van der Waals surface area contributed by atoms with E-state index in [0.29, 0.717) is 0 Å². The van der Waals surface area contributed by atoms with Crippen LogP contribution < -0.4 is 4.74 Å². The zero-order chi connectivity index (χ0) is 11.6. The van der Waals surface area contributed by atoms with Gasteiger partial charge in [0.2, 0.25) is 0 Å². The van der Waals surface area contributed by atoms with E-state index in [2.05, 4.69) is 4.74 Å². The van der Waals surface area contributed by atoms with Crippen molar-refractivity contribution in [1.29, 1.82) is 0 Å². The van der Waals surface area contributed by atoms with E-state index in [1.165, 1.54) is 7.11 Å². The van der Waals surface area contributed by atoms with E-state index in [9.17, 15) is 13.9 Å². The second-order valence-corrected chi connectivity index (χ2v) is 3.27. The van der Waals surface area contributed by atoms with Crippen LogP contribution >= 0.6 is 11.6 Å². The maximum atomic E-state index is 13.1. The number of methoxy groups -OCH3 is 1. The molecule has 0 fully saturated rings. The van der Waals surface area contributed by atoms with Crippen molar-refractivity contribution in [3.05, 3.63) is 22.7 Å². The molecular formula is C9H9ClF2O3. The van der Waals surface area contributed by atoms with Crippen LogP contribution in [-0.2, 0) is 5.92 Å². The van der Waals surface area contributed by atoms with Gasteiger partial charge < -0.3 is 14.9 Å². The van der Waals surface area contributed by atoms with Crippen molar-refractivity contribution >= 4 is 11.6 Å². The van der Waals surface area contributed by atoms with Crippen LogP contribution in [0.15, 0.2) is 12.1 Å². The molecule has 0 heterocycles. The van der Waals surface area contributed by atoms with E-state index < -0.39 is 23.8 Å². The van der Waals surface area contributed by atoms with Crippen molar-refractivity contribution in [2.75, 3.05) is 13.7 Å². The molecule has 0 unspecified atom stereocenters. The Bertz CT molecular complexity index is 369. The van der Waals surface area contributed by atoms with Crippen molar-refractivity contribution < 1.29 is 23.7 Å². The number of rotatable bonds is 3. The van der Waals surface area contributed by atoms with Gasteiger partial charge in [0.15, 0.2) is 11.5 Å². The molecule has 6 heteroatoms. The molecule has 0 radical (unpaired) electrons. The van der Waals surface area contributed by atoms with Crippen molar-refractivity contribution in [2.45, 2.75) is 5.92 Å². The number of benzene rings is 1. The highest BCUT2D eigenvalue weighted by atomic mass is 35.5. The van der Waals surface area contributed by atoms with Gasteiger partial charge in [-0.3, -0.25) is 0 Å². The zero-order valence-electron chi connectivity index (χ0n) is 7.80. The molecule has 0 saturated heterocycles. The van der Waals surface area contributed by atoms with Crippen LogP contribution in [0.2, 0.25) is 5.02 Å². The molecule has 0 spiro atoms. The molecule has 0 aliphatic carbocycles. The predicted octanol–water partition coefficient (Wildman–Crippen LogP) is 2.14. The van der Waals surface area contributed by atoms with E-state index in [-0.39, 0.29) is 10.8 Å². The molecular weight excluding hydrogens is 230 g/mol. The molecule has 0 bridgehead atoms. The summed E-state index contributed by atoms with van der Waals surface area (Å²) in [4.78, 5) is 0. The van der Waals surface area contributed by atoms with E-state index in [4.69, 9.17) is 16.7 Å². The molecule has 0 aliphatic heterocycles. The molecule has 3 nitrogen and oxygen atoms in total. The van der Waals surface area contributed by atoms with Gasteiger partial charge in [-0.1, -0.05) is 11.6 Å². The fraction of sp³-hybridized carbons (Fsp3) is 0.333. The van der Waals surface area contributed by atoms with Gasteiger partial charge in [-0.15, -0.1) is 0 Å². The Morgan fingerprint density at radius 3 is 2.53 bits per heavy atom. The zero-order valence-corrected chi connectivity index (χ0v) is 8.55. The summed E-state index contributed by atoms with van der Waals surface area (Å²) in [6, 6.07) is 1.84. The topological polar surface area (TPSA) is 49.7 Å². The van der Waals surface area contributed by atoms with Crippen LogP contribution in [0, 0.1) is 0 Å². The first-order valence-electron chi connectivity index (χ1n) is 3.98. The molecule has 1 rings (SSSR count). The van der Waals surface area contributed by atoms with Crippen LogP contribution in [0.25, 0.3) is 0 Å². The minimum Gasteiger partial charge on any atom is -0.504 e. The van der Waals surface area contributed by atoms with Gasteiger partial charge in [0.25, 0.3) is 5.92 Å². The van der Waals surface area contributed by atoms with Crippen molar-refractivity contribution in [3.8, 4) is 11.5 Å². The monoisotopic (exact) mass is 238 g/mol. The van der Waals surface area contributed by atoms with Crippen LogP contribution in [0.3, 0.4) is 0 Å². The number of phenols is 1. The van der Waals surface area contributed by atoms with E-state index in [1.807, 2.05) is 0 Å². The molecule has 0 atom stereocenters. The highest BCUT2D eigenvalue weighted by Gasteiger charge is 2.34. The first-order valence-corrected chi connectivity index (χ1v) is 4.36. The molecule has 0 aliphatic rings. The molecule has 0 saturated carbocycles. The summed E-state index contributed by atoms with van der Waals surface area (Å²) in [5.41, 5.74) is -0.634. The van der Waals surface area contributed by atoms with Crippen LogP contribution in [0.5, 0.6) is 11.5 Å². The fourth-order valence-electron chi connectivity index (χ4n) is 1.07. The number of ether oxygens (including phenoxy) is 1. The van der Waals surface area contributed by atoms with Crippen LogP contribution in [-0.4, -0.2) is 23.9 Å². The minimum absolute atomic E-state index is 0.00232. The Hall–Kier alpha value is -1.07. The predicted molar refractivity (Wildman–Crippen MR) is 50.6 cm³/mol.